The summed E-state index contributed by atoms with van der Waals surface area (Å²) in [6.45, 7) is 5.57. The number of rotatable bonds is 4. The number of hydrogen-bond acceptors (Lipinski definition) is 4. The van der Waals surface area contributed by atoms with E-state index in [2.05, 4.69) is 15.5 Å². The van der Waals surface area contributed by atoms with Gasteiger partial charge in [0, 0.05) is 5.56 Å². The first-order valence-electron chi connectivity index (χ1n) is 6.56. The van der Waals surface area contributed by atoms with Crippen molar-refractivity contribution in [1.82, 2.24) is 10.2 Å². The molecule has 0 saturated heterocycles. The number of aryl methyl sites for hydroxylation is 1. The van der Waals surface area contributed by atoms with Crippen LogP contribution in [-0.4, -0.2) is 15.2 Å². The second kappa shape index (κ2) is 6.13. The van der Waals surface area contributed by atoms with E-state index in [1.54, 1.807) is 18.2 Å². The summed E-state index contributed by atoms with van der Waals surface area (Å²) in [7, 11) is 0. The summed E-state index contributed by atoms with van der Waals surface area (Å²) in [6, 6.07) is 6.31. The van der Waals surface area contributed by atoms with Gasteiger partial charge >= 0.3 is 0 Å². The third kappa shape index (κ3) is 3.16. The fourth-order valence-electron chi connectivity index (χ4n) is 2.12. The molecule has 0 bridgehead atoms. The topological polar surface area (TPSA) is 63.8 Å². The standard InChI is InChI=1S/C15H17FN4S/c1-8-9(2)19-20-15(13(8)14(17)21)18-10(3)11-6-4-5-7-12(11)16/h4-7,10H,1-3H3,(H2,17,21)(H,18,20). The monoisotopic (exact) mass is 304 g/mol. The van der Waals surface area contributed by atoms with Crippen molar-refractivity contribution in [3.05, 3.63) is 52.5 Å². The number of hydrogen-bond donors (Lipinski definition) is 2. The van der Waals surface area contributed by atoms with E-state index in [1.165, 1.54) is 6.07 Å². The molecule has 3 N–H and O–H groups in total. The van der Waals surface area contributed by atoms with Gasteiger partial charge in [-0.2, -0.15) is 5.10 Å². The van der Waals surface area contributed by atoms with E-state index in [4.69, 9.17) is 18.0 Å². The molecule has 0 aliphatic carbocycles. The predicted molar refractivity (Wildman–Crippen MR) is 85.8 cm³/mol. The first-order chi connectivity index (χ1) is 9.91. The highest BCUT2D eigenvalue weighted by Crippen LogP contribution is 2.24. The lowest BCUT2D eigenvalue weighted by Crippen LogP contribution is -2.19. The molecule has 0 saturated carbocycles. The lowest BCUT2D eigenvalue weighted by Gasteiger charge is -2.18. The van der Waals surface area contributed by atoms with Crippen molar-refractivity contribution < 1.29 is 4.39 Å². The summed E-state index contributed by atoms with van der Waals surface area (Å²) in [5.74, 6) is 0.201. The van der Waals surface area contributed by atoms with Crippen molar-refractivity contribution in [3.63, 3.8) is 0 Å². The maximum Gasteiger partial charge on any atom is 0.159 e. The number of anilines is 1. The molecule has 1 aromatic carbocycles. The molecule has 0 spiro atoms. The number of thiocarbonyl (C=S) groups is 1. The molecule has 6 heteroatoms. The Balaban J connectivity index is 2.38. The zero-order valence-corrected chi connectivity index (χ0v) is 13.0. The van der Waals surface area contributed by atoms with Crippen LogP contribution in [0, 0.1) is 19.7 Å². The van der Waals surface area contributed by atoms with Crippen molar-refractivity contribution in [2.45, 2.75) is 26.8 Å². The summed E-state index contributed by atoms with van der Waals surface area (Å²) >= 11 is 5.09. The van der Waals surface area contributed by atoms with E-state index < -0.39 is 0 Å². The molecular formula is C15H17FN4S. The molecule has 1 aromatic heterocycles. The average molecular weight is 304 g/mol. The largest absolute Gasteiger partial charge is 0.389 e. The van der Waals surface area contributed by atoms with Gasteiger partial charge in [-0.25, -0.2) is 4.39 Å². The predicted octanol–water partition coefficient (Wildman–Crippen LogP) is 3.04. The molecule has 0 amide bonds. The third-order valence-electron chi connectivity index (χ3n) is 3.43. The highest BCUT2D eigenvalue weighted by molar-refractivity contribution is 7.80. The van der Waals surface area contributed by atoms with Gasteiger partial charge in [0.15, 0.2) is 5.82 Å². The molecule has 0 radical (unpaired) electrons. The molecule has 110 valence electrons. The number of halogens is 1. The quantitative estimate of drug-likeness (QED) is 0.850. The van der Waals surface area contributed by atoms with E-state index >= 15 is 0 Å². The third-order valence-corrected chi connectivity index (χ3v) is 3.63. The van der Waals surface area contributed by atoms with Crippen molar-refractivity contribution in [3.8, 4) is 0 Å². The normalized spacial score (nSPS) is 12.0. The van der Waals surface area contributed by atoms with Crippen LogP contribution in [-0.2, 0) is 0 Å². The Labute approximate surface area is 128 Å². The van der Waals surface area contributed by atoms with Gasteiger partial charge in [0.05, 0.1) is 17.3 Å². The molecule has 4 nitrogen and oxygen atoms in total. The Morgan fingerprint density at radius 1 is 1.29 bits per heavy atom. The highest BCUT2D eigenvalue weighted by atomic mass is 32.1. The van der Waals surface area contributed by atoms with Crippen LogP contribution in [0.3, 0.4) is 0 Å². The number of nitrogens with zero attached hydrogens (tertiary/aromatic N) is 2. The molecule has 1 unspecified atom stereocenters. The van der Waals surface area contributed by atoms with Gasteiger partial charge in [-0.15, -0.1) is 5.10 Å². The molecule has 0 fully saturated rings. The SMILES string of the molecule is Cc1nnc(NC(C)c2ccccc2F)c(C(N)=S)c1C. The van der Waals surface area contributed by atoms with Crippen LogP contribution in [0.1, 0.15) is 35.3 Å². The molecule has 2 rings (SSSR count). The van der Waals surface area contributed by atoms with E-state index in [9.17, 15) is 4.39 Å². The summed E-state index contributed by atoms with van der Waals surface area (Å²) in [5, 5.41) is 11.3. The number of nitrogens with two attached hydrogens (primary N) is 1. The Morgan fingerprint density at radius 2 is 1.95 bits per heavy atom. The van der Waals surface area contributed by atoms with E-state index in [-0.39, 0.29) is 16.8 Å². The van der Waals surface area contributed by atoms with Gasteiger partial charge in [-0.3, -0.25) is 0 Å². The first-order valence-corrected chi connectivity index (χ1v) is 6.97. The van der Waals surface area contributed by atoms with Gasteiger partial charge in [0.25, 0.3) is 0 Å². The molecule has 2 aromatic rings. The zero-order chi connectivity index (χ0) is 15.6. The lowest BCUT2D eigenvalue weighted by atomic mass is 10.1. The highest BCUT2D eigenvalue weighted by Gasteiger charge is 2.17. The summed E-state index contributed by atoms with van der Waals surface area (Å²) < 4.78 is 13.8. The molecule has 21 heavy (non-hydrogen) atoms. The molecule has 1 atom stereocenters. The zero-order valence-electron chi connectivity index (χ0n) is 12.1. The van der Waals surface area contributed by atoms with Gasteiger partial charge in [-0.1, -0.05) is 30.4 Å². The number of benzene rings is 1. The first kappa shape index (κ1) is 15.3. The number of nitrogens with one attached hydrogen (secondary N) is 1. The van der Waals surface area contributed by atoms with Gasteiger partial charge in [0.1, 0.15) is 10.8 Å². The molecular weight excluding hydrogens is 287 g/mol. The van der Waals surface area contributed by atoms with E-state index in [0.29, 0.717) is 16.9 Å². The van der Waals surface area contributed by atoms with Crippen molar-refractivity contribution in [2.75, 3.05) is 5.32 Å². The Morgan fingerprint density at radius 3 is 2.57 bits per heavy atom. The second-order valence-electron chi connectivity index (χ2n) is 4.89. The Hall–Kier alpha value is -2.08. The van der Waals surface area contributed by atoms with Crippen LogP contribution in [0.4, 0.5) is 10.2 Å². The van der Waals surface area contributed by atoms with Crippen LogP contribution < -0.4 is 11.1 Å². The minimum atomic E-state index is -0.282. The van der Waals surface area contributed by atoms with Gasteiger partial charge < -0.3 is 11.1 Å². The minimum Gasteiger partial charge on any atom is -0.389 e. The van der Waals surface area contributed by atoms with Crippen LogP contribution >= 0.6 is 12.2 Å². The fraction of sp³-hybridized carbons (Fsp3) is 0.267. The molecule has 0 aliphatic heterocycles. The number of aromatic nitrogens is 2. The summed E-state index contributed by atoms with van der Waals surface area (Å²) in [6.07, 6.45) is 0. The Bertz CT molecular complexity index is 687. The lowest BCUT2D eigenvalue weighted by molar-refractivity contribution is 0.600. The smallest absolute Gasteiger partial charge is 0.159 e. The molecule has 1 heterocycles. The molecule has 0 aliphatic rings. The van der Waals surface area contributed by atoms with Crippen LogP contribution in [0.15, 0.2) is 24.3 Å². The fourth-order valence-corrected chi connectivity index (χ4v) is 2.37. The van der Waals surface area contributed by atoms with Crippen molar-refractivity contribution >= 4 is 23.0 Å². The van der Waals surface area contributed by atoms with Crippen LogP contribution in [0.2, 0.25) is 0 Å². The second-order valence-corrected chi connectivity index (χ2v) is 5.33. The van der Waals surface area contributed by atoms with Crippen molar-refractivity contribution in [2.24, 2.45) is 5.73 Å². The summed E-state index contributed by atoms with van der Waals surface area (Å²) in [5.41, 5.74) is 8.62. The maximum absolute atomic E-state index is 13.8. The Kier molecular flexibility index (Phi) is 4.47. The van der Waals surface area contributed by atoms with E-state index in [0.717, 1.165) is 11.3 Å². The van der Waals surface area contributed by atoms with Crippen LogP contribution in [0.5, 0.6) is 0 Å². The van der Waals surface area contributed by atoms with Gasteiger partial charge in [-0.05, 0) is 32.4 Å². The van der Waals surface area contributed by atoms with Gasteiger partial charge in [0.2, 0.25) is 0 Å². The maximum atomic E-state index is 13.8. The summed E-state index contributed by atoms with van der Waals surface area (Å²) in [4.78, 5) is 0.244. The average Bonchev–Trinajstić information content (AvgIpc) is 2.43. The van der Waals surface area contributed by atoms with E-state index in [1.807, 2.05) is 20.8 Å². The van der Waals surface area contributed by atoms with Crippen LogP contribution in [0.25, 0.3) is 0 Å². The minimum absolute atomic E-state index is 0.244. The van der Waals surface area contributed by atoms with Crippen molar-refractivity contribution in [1.29, 1.82) is 0 Å².